The Kier molecular flexibility index (Phi) is 2.87. The molecule has 0 spiro atoms. The van der Waals surface area contributed by atoms with Gasteiger partial charge >= 0.3 is 5.97 Å². The van der Waals surface area contributed by atoms with Crippen LogP contribution in [0.2, 0.25) is 0 Å². The number of carbonyl (C=O) groups is 1. The molecule has 7 heteroatoms. The van der Waals surface area contributed by atoms with E-state index in [9.17, 15) is 4.79 Å². The second kappa shape index (κ2) is 4.49. The van der Waals surface area contributed by atoms with Gasteiger partial charge in [0.25, 0.3) is 0 Å². The van der Waals surface area contributed by atoms with Crippen LogP contribution in [0.25, 0.3) is 11.2 Å². The predicted molar refractivity (Wildman–Crippen MR) is 60.2 cm³/mol. The molecule has 2 aromatic heterocycles. The van der Waals surface area contributed by atoms with Gasteiger partial charge in [0.05, 0.1) is 6.33 Å². The molecule has 0 aliphatic heterocycles. The van der Waals surface area contributed by atoms with Gasteiger partial charge in [-0.15, -0.1) is 12.3 Å². The van der Waals surface area contributed by atoms with Crippen LogP contribution in [-0.2, 0) is 4.79 Å². The molecule has 1 atom stereocenters. The minimum Gasteiger partial charge on any atom is -0.480 e. The van der Waals surface area contributed by atoms with Gasteiger partial charge in [-0.05, 0) is 0 Å². The molecule has 0 aliphatic rings. The minimum atomic E-state index is -1.03. The van der Waals surface area contributed by atoms with Crippen molar-refractivity contribution in [2.45, 2.75) is 12.5 Å². The lowest BCUT2D eigenvalue weighted by Gasteiger charge is -2.12. The lowest BCUT2D eigenvalue weighted by Crippen LogP contribution is -2.29. The largest absolute Gasteiger partial charge is 0.480 e. The number of fused-ring (bicyclic) bond motifs is 1. The second-order valence-electron chi connectivity index (χ2n) is 3.27. The van der Waals surface area contributed by atoms with Gasteiger partial charge in [0, 0.05) is 6.42 Å². The van der Waals surface area contributed by atoms with Crippen molar-refractivity contribution in [2.24, 2.45) is 0 Å². The summed E-state index contributed by atoms with van der Waals surface area (Å²) in [5.41, 5.74) is 1.02. The second-order valence-corrected chi connectivity index (χ2v) is 3.27. The number of carboxylic acids is 1. The van der Waals surface area contributed by atoms with Crippen molar-refractivity contribution in [3.05, 3.63) is 12.7 Å². The summed E-state index contributed by atoms with van der Waals surface area (Å²) in [7, 11) is 0. The number of hydrogen-bond acceptors (Lipinski definition) is 5. The van der Waals surface area contributed by atoms with Gasteiger partial charge < -0.3 is 15.4 Å². The van der Waals surface area contributed by atoms with E-state index < -0.39 is 12.0 Å². The fraction of sp³-hybridized carbons (Fsp3) is 0.200. The third-order valence-electron chi connectivity index (χ3n) is 2.15. The van der Waals surface area contributed by atoms with Gasteiger partial charge in [-0.3, -0.25) is 0 Å². The molecule has 0 saturated carbocycles. The van der Waals surface area contributed by atoms with Gasteiger partial charge in [-0.1, -0.05) is 0 Å². The summed E-state index contributed by atoms with van der Waals surface area (Å²) in [4.78, 5) is 25.6. The maximum atomic E-state index is 10.9. The van der Waals surface area contributed by atoms with Crippen LogP contribution in [0.4, 0.5) is 5.82 Å². The van der Waals surface area contributed by atoms with Gasteiger partial charge in [0.15, 0.2) is 11.5 Å². The SMILES string of the molecule is C#CCC(Nc1ncnc2nc[nH]c12)C(=O)O. The highest BCUT2D eigenvalue weighted by Gasteiger charge is 2.18. The number of aliphatic carboxylic acids is 1. The quantitative estimate of drug-likeness (QED) is 0.651. The Balaban J connectivity index is 2.31. The average Bonchev–Trinajstić information content (AvgIpc) is 2.77. The zero-order valence-electron chi connectivity index (χ0n) is 8.71. The fourth-order valence-electron chi connectivity index (χ4n) is 1.36. The van der Waals surface area contributed by atoms with Gasteiger partial charge in [-0.2, -0.15) is 0 Å². The minimum absolute atomic E-state index is 0.0645. The van der Waals surface area contributed by atoms with E-state index in [0.717, 1.165) is 0 Å². The van der Waals surface area contributed by atoms with E-state index in [1.165, 1.54) is 12.7 Å². The van der Waals surface area contributed by atoms with E-state index in [2.05, 4.69) is 31.2 Å². The third kappa shape index (κ3) is 2.15. The Morgan fingerprint density at radius 1 is 1.59 bits per heavy atom. The first-order valence-electron chi connectivity index (χ1n) is 4.79. The van der Waals surface area contributed by atoms with Crippen LogP contribution >= 0.6 is 0 Å². The molecule has 0 fully saturated rings. The van der Waals surface area contributed by atoms with Crippen molar-refractivity contribution in [2.75, 3.05) is 5.32 Å². The smallest absolute Gasteiger partial charge is 0.327 e. The van der Waals surface area contributed by atoms with Crippen LogP contribution in [0, 0.1) is 12.3 Å². The number of aromatic nitrogens is 4. The number of nitrogens with zero attached hydrogens (tertiary/aromatic N) is 3. The van der Waals surface area contributed by atoms with Crippen molar-refractivity contribution in [1.29, 1.82) is 0 Å². The topological polar surface area (TPSA) is 104 Å². The number of terminal acetylenes is 1. The number of anilines is 1. The summed E-state index contributed by atoms with van der Waals surface area (Å²) in [6, 6.07) is -0.888. The predicted octanol–water partition coefficient (Wildman–Crippen LogP) is 0.241. The molecule has 7 nitrogen and oxygen atoms in total. The number of carboxylic acid groups (broad SMARTS) is 1. The highest BCUT2D eigenvalue weighted by molar-refractivity contribution is 5.85. The van der Waals surface area contributed by atoms with Gasteiger partial charge in [0.1, 0.15) is 17.9 Å². The summed E-state index contributed by atoms with van der Waals surface area (Å²) < 4.78 is 0. The van der Waals surface area contributed by atoms with Crippen LogP contribution < -0.4 is 5.32 Å². The molecular formula is C10H9N5O2. The average molecular weight is 231 g/mol. The van der Waals surface area contributed by atoms with Crippen molar-refractivity contribution in [1.82, 2.24) is 19.9 Å². The first kappa shape index (κ1) is 10.9. The molecule has 17 heavy (non-hydrogen) atoms. The van der Waals surface area contributed by atoms with Crippen molar-refractivity contribution in [3.63, 3.8) is 0 Å². The molecular weight excluding hydrogens is 222 g/mol. The number of nitrogens with one attached hydrogen (secondary N) is 2. The maximum Gasteiger partial charge on any atom is 0.327 e. The van der Waals surface area contributed by atoms with E-state index in [-0.39, 0.29) is 6.42 Å². The Hall–Kier alpha value is -2.62. The van der Waals surface area contributed by atoms with E-state index in [1.54, 1.807) is 0 Å². The molecule has 0 radical (unpaired) electrons. The number of rotatable bonds is 4. The normalized spacial score (nSPS) is 11.9. The highest BCUT2D eigenvalue weighted by Crippen LogP contribution is 2.15. The maximum absolute atomic E-state index is 10.9. The molecule has 0 amide bonds. The summed E-state index contributed by atoms with van der Waals surface area (Å²) in [5, 5.41) is 11.7. The molecule has 0 saturated heterocycles. The summed E-state index contributed by atoms with van der Waals surface area (Å²) in [6.07, 6.45) is 7.94. The van der Waals surface area contributed by atoms with E-state index in [0.29, 0.717) is 17.0 Å². The molecule has 0 bridgehead atoms. The number of H-pyrrole nitrogens is 1. The Labute approximate surface area is 96.3 Å². The van der Waals surface area contributed by atoms with Crippen molar-refractivity contribution < 1.29 is 9.90 Å². The Bertz CT molecular complexity index is 586. The molecule has 2 aromatic rings. The Morgan fingerprint density at radius 2 is 2.41 bits per heavy atom. The monoisotopic (exact) mass is 231 g/mol. The third-order valence-corrected chi connectivity index (χ3v) is 2.15. The van der Waals surface area contributed by atoms with E-state index in [4.69, 9.17) is 11.5 Å². The molecule has 3 N–H and O–H groups in total. The van der Waals surface area contributed by atoms with Gasteiger partial charge in [0.2, 0.25) is 0 Å². The van der Waals surface area contributed by atoms with Crippen molar-refractivity contribution >= 4 is 23.0 Å². The van der Waals surface area contributed by atoms with Crippen LogP contribution in [-0.4, -0.2) is 37.1 Å². The number of aromatic amines is 1. The highest BCUT2D eigenvalue weighted by atomic mass is 16.4. The number of imidazole rings is 1. The zero-order valence-corrected chi connectivity index (χ0v) is 8.71. The fourth-order valence-corrected chi connectivity index (χ4v) is 1.36. The molecule has 0 aromatic carbocycles. The Morgan fingerprint density at radius 3 is 3.12 bits per heavy atom. The summed E-state index contributed by atoms with van der Waals surface area (Å²) in [5.74, 6) is 1.64. The number of hydrogen-bond donors (Lipinski definition) is 3. The van der Waals surface area contributed by atoms with Crippen LogP contribution in [0.5, 0.6) is 0 Å². The van der Waals surface area contributed by atoms with E-state index >= 15 is 0 Å². The zero-order chi connectivity index (χ0) is 12.3. The van der Waals surface area contributed by atoms with Gasteiger partial charge in [-0.25, -0.2) is 19.7 Å². The standard InChI is InChI=1S/C10H9N5O2/c1-2-3-6(10(16)17)15-9-7-8(12-4-11-7)13-5-14-9/h1,4-6H,3H2,(H,16,17)(H2,11,12,13,14,15). The van der Waals surface area contributed by atoms with Crippen LogP contribution in [0.1, 0.15) is 6.42 Å². The lowest BCUT2D eigenvalue weighted by molar-refractivity contribution is -0.137. The van der Waals surface area contributed by atoms with E-state index in [1.807, 2.05) is 0 Å². The lowest BCUT2D eigenvalue weighted by atomic mass is 10.2. The summed E-state index contributed by atoms with van der Waals surface area (Å²) >= 11 is 0. The molecule has 0 aliphatic carbocycles. The molecule has 1 unspecified atom stereocenters. The summed E-state index contributed by atoms with van der Waals surface area (Å²) in [6.45, 7) is 0. The first-order chi connectivity index (χ1) is 8.22. The first-order valence-corrected chi connectivity index (χ1v) is 4.79. The molecule has 2 heterocycles. The molecule has 86 valence electrons. The van der Waals surface area contributed by atoms with Crippen molar-refractivity contribution in [3.8, 4) is 12.3 Å². The van der Waals surface area contributed by atoms with Crippen LogP contribution in [0.15, 0.2) is 12.7 Å². The molecule has 2 rings (SSSR count). The van der Waals surface area contributed by atoms with Crippen LogP contribution in [0.3, 0.4) is 0 Å².